The summed E-state index contributed by atoms with van der Waals surface area (Å²) in [5, 5.41) is 3.69. The van der Waals surface area contributed by atoms with Crippen LogP contribution in [-0.4, -0.2) is 25.5 Å². The zero-order valence-corrected chi connectivity index (χ0v) is 15.8. The van der Waals surface area contributed by atoms with E-state index in [1.165, 1.54) is 11.1 Å². The molecule has 1 atom stereocenters. The first kappa shape index (κ1) is 17.0. The highest BCUT2D eigenvalue weighted by Gasteiger charge is 2.40. The molecule has 0 amide bonds. The summed E-state index contributed by atoms with van der Waals surface area (Å²) in [6.45, 7) is 7.77. The van der Waals surface area contributed by atoms with Gasteiger partial charge in [-0.05, 0) is 48.8 Å². The number of hydrogen-bond acceptors (Lipinski definition) is 4. The lowest BCUT2D eigenvalue weighted by atomic mass is 9.89. The van der Waals surface area contributed by atoms with Crippen LogP contribution in [-0.2, 0) is 5.75 Å². The molecule has 0 aromatic heterocycles. The second-order valence-electron chi connectivity index (χ2n) is 5.77. The van der Waals surface area contributed by atoms with Crippen molar-refractivity contribution in [3.8, 4) is 11.5 Å². The average molecular weight is 374 g/mol. The lowest BCUT2D eigenvalue weighted by Crippen LogP contribution is -2.40. The minimum Gasteiger partial charge on any atom is -0.496 e. The summed E-state index contributed by atoms with van der Waals surface area (Å²) in [6.07, 6.45) is 1.11. The van der Waals surface area contributed by atoms with Gasteiger partial charge in [-0.1, -0.05) is 6.92 Å². The number of thioether (sulfide) groups is 1. The number of methoxy groups -OCH3 is 2. The first-order valence-electron chi connectivity index (χ1n) is 7.26. The molecule has 0 saturated carbocycles. The van der Waals surface area contributed by atoms with Gasteiger partial charge in [-0.2, -0.15) is 0 Å². The van der Waals surface area contributed by atoms with E-state index in [1.807, 2.05) is 17.8 Å². The molecule has 1 unspecified atom stereocenters. The van der Waals surface area contributed by atoms with Crippen molar-refractivity contribution in [3.63, 3.8) is 0 Å². The third-order valence-corrected chi connectivity index (χ3v) is 5.94. The lowest BCUT2D eigenvalue weighted by Gasteiger charge is -2.41. The number of ether oxygens (including phenoxy) is 2. The molecule has 5 heteroatoms. The topological polar surface area (TPSA) is 30.5 Å². The van der Waals surface area contributed by atoms with E-state index in [0.717, 1.165) is 34.7 Å². The van der Waals surface area contributed by atoms with Crippen LogP contribution in [0, 0.1) is 0 Å². The highest BCUT2D eigenvalue weighted by atomic mass is 79.9. The predicted octanol–water partition coefficient (Wildman–Crippen LogP) is 4.53. The molecule has 1 aliphatic rings. The minimum atomic E-state index is 0.112. The number of hydrogen-bond donors (Lipinski definition) is 1. The SMILES string of the molecule is CCCNC1c2c(c(OC)cc(Br)c2OC)CSC1(C)C. The number of benzene rings is 1. The van der Waals surface area contributed by atoms with Crippen molar-refractivity contribution in [2.45, 2.75) is 43.7 Å². The number of nitrogens with one attached hydrogen (secondary N) is 1. The number of halogens is 1. The highest BCUT2D eigenvalue weighted by Crippen LogP contribution is 2.53. The Balaban J connectivity index is 2.61. The summed E-state index contributed by atoms with van der Waals surface area (Å²) < 4.78 is 12.3. The maximum Gasteiger partial charge on any atom is 0.138 e. The van der Waals surface area contributed by atoms with E-state index in [1.54, 1.807) is 14.2 Å². The third kappa shape index (κ3) is 3.20. The van der Waals surface area contributed by atoms with Crippen LogP contribution in [0.2, 0.25) is 0 Å². The van der Waals surface area contributed by atoms with Crippen molar-refractivity contribution in [1.82, 2.24) is 5.32 Å². The fourth-order valence-electron chi connectivity index (χ4n) is 2.84. The molecule has 0 radical (unpaired) electrons. The molecule has 1 aliphatic heterocycles. The Labute approximate surface area is 140 Å². The van der Waals surface area contributed by atoms with Gasteiger partial charge in [0, 0.05) is 21.6 Å². The van der Waals surface area contributed by atoms with E-state index < -0.39 is 0 Å². The Morgan fingerprint density at radius 1 is 1.38 bits per heavy atom. The van der Waals surface area contributed by atoms with Crippen LogP contribution in [0.25, 0.3) is 0 Å². The van der Waals surface area contributed by atoms with Gasteiger partial charge >= 0.3 is 0 Å². The molecule has 1 N–H and O–H groups in total. The van der Waals surface area contributed by atoms with Gasteiger partial charge in [0.15, 0.2) is 0 Å². The molecule has 118 valence electrons. The van der Waals surface area contributed by atoms with Gasteiger partial charge in [-0.25, -0.2) is 0 Å². The largest absolute Gasteiger partial charge is 0.496 e. The zero-order chi connectivity index (χ0) is 15.6. The predicted molar refractivity (Wildman–Crippen MR) is 93.7 cm³/mol. The summed E-state index contributed by atoms with van der Waals surface area (Å²) in [5.41, 5.74) is 2.48. The van der Waals surface area contributed by atoms with Gasteiger partial charge in [0.05, 0.1) is 24.7 Å². The van der Waals surface area contributed by atoms with E-state index in [0.29, 0.717) is 0 Å². The van der Waals surface area contributed by atoms with E-state index in [-0.39, 0.29) is 10.8 Å². The monoisotopic (exact) mass is 373 g/mol. The van der Waals surface area contributed by atoms with Crippen LogP contribution >= 0.6 is 27.7 Å². The highest BCUT2D eigenvalue weighted by molar-refractivity contribution is 9.10. The molecule has 0 aliphatic carbocycles. The maximum atomic E-state index is 5.69. The Morgan fingerprint density at radius 3 is 2.67 bits per heavy atom. The van der Waals surface area contributed by atoms with Crippen molar-refractivity contribution in [2.75, 3.05) is 20.8 Å². The van der Waals surface area contributed by atoms with Crippen LogP contribution in [0.5, 0.6) is 11.5 Å². The van der Waals surface area contributed by atoms with Crippen molar-refractivity contribution >= 4 is 27.7 Å². The van der Waals surface area contributed by atoms with Crippen LogP contribution in [0.15, 0.2) is 10.5 Å². The third-order valence-electron chi connectivity index (χ3n) is 3.94. The van der Waals surface area contributed by atoms with E-state index in [9.17, 15) is 0 Å². The molecule has 2 rings (SSSR count). The van der Waals surface area contributed by atoms with Gasteiger partial charge in [-0.15, -0.1) is 11.8 Å². The molecule has 0 spiro atoms. The summed E-state index contributed by atoms with van der Waals surface area (Å²) in [5.74, 6) is 2.80. The fraction of sp³-hybridized carbons (Fsp3) is 0.625. The van der Waals surface area contributed by atoms with E-state index in [2.05, 4.69) is 42.0 Å². The summed E-state index contributed by atoms with van der Waals surface area (Å²) in [7, 11) is 3.46. The summed E-state index contributed by atoms with van der Waals surface area (Å²) in [4.78, 5) is 0. The molecule has 21 heavy (non-hydrogen) atoms. The number of rotatable bonds is 5. The molecular formula is C16H24BrNO2S. The zero-order valence-electron chi connectivity index (χ0n) is 13.4. The van der Waals surface area contributed by atoms with Crippen molar-refractivity contribution in [1.29, 1.82) is 0 Å². The molecule has 1 aromatic rings. The van der Waals surface area contributed by atoms with Gasteiger partial charge in [0.1, 0.15) is 11.5 Å². The Kier molecular flexibility index (Phi) is 5.49. The lowest BCUT2D eigenvalue weighted by molar-refractivity contribution is 0.367. The summed E-state index contributed by atoms with van der Waals surface area (Å²) >= 11 is 5.58. The normalized spacial score (nSPS) is 20.0. The summed E-state index contributed by atoms with van der Waals surface area (Å²) in [6, 6.07) is 2.25. The molecular weight excluding hydrogens is 350 g/mol. The van der Waals surface area contributed by atoms with Crippen LogP contribution in [0.4, 0.5) is 0 Å². The smallest absolute Gasteiger partial charge is 0.138 e. The molecule has 1 heterocycles. The van der Waals surface area contributed by atoms with Gasteiger partial charge in [0.2, 0.25) is 0 Å². The molecule has 0 saturated heterocycles. The first-order chi connectivity index (χ1) is 9.96. The fourth-order valence-corrected chi connectivity index (χ4v) is 4.60. The second-order valence-corrected chi connectivity index (χ2v) is 8.25. The molecule has 1 aromatic carbocycles. The Bertz CT molecular complexity index is 519. The quantitative estimate of drug-likeness (QED) is 0.820. The standard InChI is InChI=1S/C16H24BrNO2S/c1-6-7-18-15-13-10(9-21-16(15,2)3)12(19-4)8-11(17)14(13)20-5/h8,15,18H,6-7,9H2,1-5H3. The van der Waals surface area contributed by atoms with E-state index in [4.69, 9.17) is 9.47 Å². The average Bonchev–Trinajstić information content (AvgIpc) is 2.45. The molecule has 0 bridgehead atoms. The van der Waals surface area contributed by atoms with Gasteiger partial charge < -0.3 is 14.8 Å². The minimum absolute atomic E-state index is 0.112. The Hall–Kier alpha value is -0.390. The maximum absolute atomic E-state index is 5.69. The first-order valence-corrected chi connectivity index (χ1v) is 9.04. The molecule has 0 fully saturated rings. The van der Waals surface area contributed by atoms with Crippen molar-refractivity contribution < 1.29 is 9.47 Å². The Morgan fingerprint density at radius 2 is 2.10 bits per heavy atom. The van der Waals surface area contributed by atoms with Crippen molar-refractivity contribution in [3.05, 3.63) is 21.7 Å². The second kappa shape index (κ2) is 6.80. The number of fused-ring (bicyclic) bond motifs is 1. The van der Waals surface area contributed by atoms with Crippen molar-refractivity contribution in [2.24, 2.45) is 0 Å². The van der Waals surface area contributed by atoms with Gasteiger partial charge in [0.25, 0.3) is 0 Å². The van der Waals surface area contributed by atoms with Crippen LogP contribution < -0.4 is 14.8 Å². The molecule has 3 nitrogen and oxygen atoms in total. The van der Waals surface area contributed by atoms with E-state index >= 15 is 0 Å². The van der Waals surface area contributed by atoms with Crippen LogP contribution in [0.1, 0.15) is 44.4 Å². The van der Waals surface area contributed by atoms with Gasteiger partial charge in [-0.3, -0.25) is 0 Å². The van der Waals surface area contributed by atoms with Crippen LogP contribution in [0.3, 0.4) is 0 Å².